The minimum atomic E-state index is -0.959. The molecule has 1 aromatic heterocycles. The second-order valence-corrected chi connectivity index (χ2v) is 6.52. The Bertz CT molecular complexity index is 1120. The van der Waals surface area contributed by atoms with Gasteiger partial charge in [-0.3, -0.25) is 0 Å². The molecule has 140 valence electrons. The highest BCUT2D eigenvalue weighted by Crippen LogP contribution is 2.52. The molecule has 0 saturated heterocycles. The van der Waals surface area contributed by atoms with Crippen LogP contribution in [-0.2, 0) is 10.3 Å². The number of aromatic nitrogens is 2. The van der Waals surface area contributed by atoms with Gasteiger partial charge >= 0.3 is 0 Å². The fraction of sp³-hybridized carbons (Fsp3) is 0.150. The molecule has 2 N–H and O–H groups in total. The zero-order chi connectivity index (χ0) is 19.3. The summed E-state index contributed by atoms with van der Waals surface area (Å²) in [7, 11) is 1.41. The minimum absolute atomic E-state index is 0.0653. The van der Waals surface area contributed by atoms with Gasteiger partial charge in [0.15, 0.2) is 17.1 Å². The van der Waals surface area contributed by atoms with Gasteiger partial charge in [0, 0.05) is 35.2 Å². The summed E-state index contributed by atoms with van der Waals surface area (Å²) in [4.78, 5) is 12.7. The predicted molar refractivity (Wildman–Crippen MR) is 98.8 cm³/mol. The summed E-state index contributed by atoms with van der Waals surface area (Å²) in [6.45, 7) is 0.172. The first-order chi connectivity index (χ1) is 13.6. The molecule has 2 aromatic carbocycles. The average Bonchev–Trinajstić information content (AvgIpc) is 3.10. The van der Waals surface area contributed by atoms with Crippen molar-refractivity contribution in [3.05, 3.63) is 66.0 Å². The highest BCUT2D eigenvalue weighted by atomic mass is 19.1. The molecule has 5 rings (SSSR count). The third-order valence-electron chi connectivity index (χ3n) is 4.97. The van der Waals surface area contributed by atoms with Crippen LogP contribution in [0.5, 0.6) is 17.2 Å². The van der Waals surface area contributed by atoms with Crippen molar-refractivity contribution in [2.24, 2.45) is 10.7 Å². The number of aliphatic imine (C=N–C) groups is 1. The largest absolute Gasteiger partial charge is 0.494 e. The number of nitrogens with zero attached hydrogens (tertiary/aromatic N) is 3. The van der Waals surface area contributed by atoms with Crippen LogP contribution in [-0.4, -0.2) is 29.7 Å². The number of nitrogens with two attached hydrogens (primary N) is 1. The van der Waals surface area contributed by atoms with Gasteiger partial charge in [-0.05, 0) is 23.8 Å². The van der Waals surface area contributed by atoms with Crippen LogP contribution in [0.3, 0.4) is 0 Å². The van der Waals surface area contributed by atoms with E-state index in [2.05, 4.69) is 15.0 Å². The lowest BCUT2D eigenvalue weighted by Crippen LogP contribution is -2.31. The van der Waals surface area contributed by atoms with Gasteiger partial charge < -0.3 is 19.9 Å². The van der Waals surface area contributed by atoms with Crippen molar-refractivity contribution >= 4 is 6.02 Å². The molecule has 0 aliphatic carbocycles. The monoisotopic (exact) mass is 378 g/mol. The molecule has 2 aliphatic rings. The van der Waals surface area contributed by atoms with E-state index in [0.717, 1.165) is 16.7 Å². The van der Waals surface area contributed by atoms with Crippen LogP contribution in [0.25, 0.3) is 11.1 Å². The highest BCUT2D eigenvalue weighted by Gasteiger charge is 2.47. The lowest BCUT2D eigenvalue weighted by atomic mass is 9.80. The number of benzene rings is 2. The van der Waals surface area contributed by atoms with Crippen LogP contribution in [0, 0.1) is 5.82 Å². The van der Waals surface area contributed by atoms with Crippen LogP contribution in [0.15, 0.2) is 54.0 Å². The Hall–Kier alpha value is -3.68. The summed E-state index contributed by atoms with van der Waals surface area (Å²) in [6.07, 6.45) is 4.92. The van der Waals surface area contributed by atoms with Gasteiger partial charge in [0.2, 0.25) is 0 Å². The number of ether oxygens (including phenoxy) is 3. The number of hydrogen-bond acceptors (Lipinski definition) is 7. The van der Waals surface area contributed by atoms with Crippen molar-refractivity contribution < 1.29 is 18.6 Å². The molecule has 2 aliphatic heterocycles. The maximum Gasteiger partial charge on any atom is 0.283 e. The van der Waals surface area contributed by atoms with E-state index in [-0.39, 0.29) is 18.4 Å². The van der Waals surface area contributed by atoms with Crippen molar-refractivity contribution in [2.45, 2.75) is 5.54 Å². The summed E-state index contributed by atoms with van der Waals surface area (Å²) < 4.78 is 30.9. The number of halogens is 1. The maximum absolute atomic E-state index is 14.3. The van der Waals surface area contributed by atoms with Gasteiger partial charge in [0.05, 0.1) is 7.11 Å². The lowest BCUT2D eigenvalue weighted by molar-refractivity contribution is 0.263. The lowest BCUT2D eigenvalue weighted by Gasteiger charge is -2.34. The van der Waals surface area contributed by atoms with Crippen LogP contribution in [0.4, 0.5) is 4.39 Å². The molecule has 0 fully saturated rings. The highest BCUT2D eigenvalue weighted by molar-refractivity contribution is 5.78. The second-order valence-electron chi connectivity index (χ2n) is 6.52. The first kappa shape index (κ1) is 16.5. The van der Waals surface area contributed by atoms with Crippen LogP contribution >= 0.6 is 0 Å². The van der Waals surface area contributed by atoms with E-state index in [4.69, 9.17) is 19.9 Å². The minimum Gasteiger partial charge on any atom is -0.494 e. The molecule has 0 unspecified atom stereocenters. The number of methoxy groups -OCH3 is 1. The Morgan fingerprint density at radius 3 is 2.57 bits per heavy atom. The summed E-state index contributed by atoms with van der Waals surface area (Å²) in [6, 6.07) is 8.58. The Morgan fingerprint density at radius 1 is 1.07 bits per heavy atom. The molecule has 1 spiro atoms. The third-order valence-corrected chi connectivity index (χ3v) is 4.97. The zero-order valence-corrected chi connectivity index (χ0v) is 14.8. The van der Waals surface area contributed by atoms with Gasteiger partial charge in [0.25, 0.3) is 6.02 Å². The summed E-state index contributed by atoms with van der Waals surface area (Å²) >= 11 is 0. The molecular formula is C20H15FN4O3. The van der Waals surface area contributed by atoms with E-state index < -0.39 is 11.4 Å². The van der Waals surface area contributed by atoms with E-state index in [9.17, 15) is 4.39 Å². The van der Waals surface area contributed by atoms with Crippen LogP contribution in [0.1, 0.15) is 11.1 Å². The van der Waals surface area contributed by atoms with Crippen molar-refractivity contribution in [3.8, 4) is 28.4 Å². The van der Waals surface area contributed by atoms with E-state index >= 15 is 0 Å². The number of rotatable bonds is 2. The second kappa shape index (κ2) is 5.91. The molecule has 1 atom stereocenters. The normalized spacial score (nSPS) is 19.3. The van der Waals surface area contributed by atoms with Gasteiger partial charge in [-0.1, -0.05) is 6.07 Å². The van der Waals surface area contributed by atoms with E-state index in [1.54, 1.807) is 18.5 Å². The number of fused-ring (bicyclic) bond motifs is 4. The number of hydrogen-bond donors (Lipinski definition) is 1. The molecule has 3 aromatic rings. The standard InChI is InChI=1S/C20H15FN4O3/c1-26-18-5-14-17(6-15(18)21)28-16-3-2-11(12-7-23-10-24-8-12)4-13(16)20(14)9-27-19(22)25-20/h2-8,10H,9H2,1H3,(H2,22,25)/t20-/m0/s1. The Labute approximate surface area is 159 Å². The van der Waals surface area contributed by atoms with E-state index in [1.165, 1.54) is 19.5 Å². The van der Waals surface area contributed by atoms with Crippen LogP contribution in [0.2, 0.25) is 0 Å². The van der Waals surface area contributed by atoms with Crippen molar-refractivity contribution in [1.82, 2.24) is 9.97 Å². The summed E-state index contributed by atoms with van der Waals surface area (Å²) in [5.74, 6) is 0.482. The van der Waals surface area contributed by atoms with Gasteiger partial charge in [0.1, 0.15) is 24.4 Å². The first-order valence-electron chi connectivity index (χ1n) is 8.54. The Morgan fingerprint density at radius 2 is 1.86 bits per heavy atom. The molecule has 8 heteroatoms. The topological polar surface area (TPSA) is 91.8 Å². The van der Waals surface area contributed by atoms with E-state index in [1.807, 2.05) is 18.2 Å². The van der Waals surface area contributed by atoms with Gasteiger partial charge in [-0.25, -0.2) is 19.4 Å². The molecule has 0 bridgehead atoms. The average molecular weight is 378 g/mol. The summed E-state index contributed by atoms with van der Waals surface area (Å²) in [5.41, 5.74) is 8.03. The number of amidine groups is 1. The summed E-state index contributed by atoms with van der Waals surface area (Å²) in [5, 5.41) is 0. The first-order valence-corrected chi connectivity index (χ1v) is 8.54. The SMILES string of the molecule is COc1cc2c(cc1F)Oc1ccc(-c3cncnc3)cc1[C@@]21COC(N)=N1. The quantitative estimate of drug-likeness (QED) is 0.737. The smallest absolute Gasteiger partial charge is 0.283 e. The molecule has 3 heterocycles. The van der Waals surface area contributed by atoms with Crippen molar-refractivity contribution in [2.75, 3.05) is 13.7 Å². The van der Waals surface area contributed by atoms with Crippen LogP contribution < -0.4 is 15.2 Å². The Balaban J connectivity index is 1.75. The predicted octanol–water partition coefficient (Wildman–Crippen LogP) is 2.99. The fourth-order valence-electron chi connectivity index (χ4n) is 3.64. The fourth-order valence-corrected chi connectivity index (χ4v) is 3.64. The molecular weight excluding hydrogens is 363 g/mol. The van der Waals surface area contributed by atoms with Gasteiger partial charge in [-0.2, -0.15) is 0 Å². The van der Waals surface area contributed by atoms with E-state index in [0.29, 0.717) is 17.1 Å². The maximum atomic E-state index is 14.3. The molecule has 0 radical (unpaired) electrons. The Kier molecular flexibility index (Phi) is 3.48. The molecule has 0 amide bonds. The van der Waals surface area contributed by atoms with Crippen molar-refractivity contribution in [1.29, 1.82) is 0 Å². The molecule has 0 saturated carbocycles. The van der Waals surface area contributed by atoms with Crippen molar-refractivity contribution in [3.63, 3.8) is 0 Å². The van der Waals surface area contributed by atoms with Gasteiger partial charge in [-0.15, -0.1) is 0 Å². The zero-order valence-electron chi connectivity index (χ0n) is 14.8. The molecule has 28 heavy (non-hydrogen) atoms. The molecule has 7 nitrogen and oxygen atoms in total. The third kappa shape index (κ3) is 2.31.